The first-order chi connectivity index (χ1) is 13.0. The van der Waals surface area contributed by atoms with Crippen molar-refractivity contribution in [3.05, 3.63) is 30.1 Å². The highest BCUT2D eigenvalue weighted by atomic mass is 16.5. The molecular weight excluding hydrogens is 344 g/mol. The van der Waals surface area contributed by atoms with Gasteiger partial charge in [-0.2, -0.15) is 0 Å². The molecule has 0 unspecified atom stereocenters. The van der Waals surface area contributed by atoms with Gasteiger partial charge in [0.25, 0.3) is 0 Å². The van der Waals surface area contributed by atoms with Crippen molar-refractivity contribution in [3.8, 4) is 0 Å². The fourth-order valence-electron chi connectivity index (χ4n) is 4.04. The van der Waals surface area contributed by atoms with Gasteiger partial charge in [-0.1, -0.05) is 26.0 Å². The Morgan fingerprint density at radius 1 is 1.26 bits per heavy atom. The van der Waals surface area contributed by atoms with E-state index in [9.17, 15) is 9.59 Å². The molecule has 2 aliphatic heterocycles. The molecule has 7 nitrogen and oxygen atoms in total. The van der Waals surface area contributed by atoms with E-state index in [2.05, 4.69) is 13.8 Å². The Kier molecular flexibility index (Phi) is 4.63. The lowest BCUT2D eigenvalue weighted by atomic mass is 10.1. The van der Waals surface area contributed by atoms with Gasteiger partial charge in [0, 0.05) is 26.1 Å². The van der Waals surface area contributed by atoms with Crippen molar-refractivity contribution >= 4 is 22.8 Å². The van der Waals surface area contributed by atoms with Crippen LogP contribution in [0.25, 0.3) is 11.0 Å². The molecule has 0 aliphatic carbocycles. The van der Waals surface area contributed by atoms with Gasteiger partial charge in [0.2, 0.25) is 11.8 Å². The normalized spacial score (nSPS) is 23.2. The summed E-state index contributed by atoms with van der Waals surface area (Å²) < 4.78 is 7.65. The van der Waals surface area contributed by atoms with E-state index in [0.29, 0.717) is 26.3 Å². The molecule has 2 aliphatic rings. The highest BCUT2D eigenvalue weighted by Crippen LogP contribution is 2.24. The molecule has 0 spiro atoms. The van der Waals surface area contributed by atoms with E-state index in [-0.39, 0.29) is 36.2 Å². The molecule has 2 saturated heterocycles. The summed E-state index contributed by atoms with van der Waals surface area (Å²) in [4.78, 5) is 34.0. The highest BCUT2D eigenvalue weighted by Gasteiger charge is 2.38. The van der Waals surface area contributed by atoms with E-state index in [1.165, 1.54) is 0 Å². The second-order valence-electron chi connectivity index (χ2n) is 7.84. The maximum absolute atomic E-state index is 13.2. The standard InChI is InChI=1S/C20H26N4O3/c1-13(2)19-21-16-6-4-5-7-17(16)24(19)10-18(25)23-8-14-11-27-12-15(9-23)22(3)20(14)26/h4-7,13-15H,8-12H2,1-3H3/t14-,15+/m1/s1. The Morgan fingerprint density at radius 3 is 2.81 bits per heavy atom. The van der Waals surface area contributed by atoms with Crippen LogP contribution in [0.15, 0.2) is 24.3 Å². The third kappa shape index (κ3) is 3.20. The van der Waals surface area contributed by atoms with Crippen LogP contribution in [0.2, 0.25) is 0 Å². The molecule has 2 bridgehead atoms. The molecule has 1 aromatic carbocycles. The van der Waals surface area contributed by atoms with Crippen LogP contribution in [0.1, 0.15) is 25.6 Å². The number of likely N-dealkylation sites (N-methyl/N-ethyl adjacent to an activating group) is 1. The Hall–Kier alpha value is -2.41. The van der Waals surface area contributed by atoms with Crippen molar-refractivity contribution in [2.75, 3.05) is 33.4 Å². The number of nitrogens with zero attached hydrogens (tertiary/aromatic N) is 4. The number of hydrogen-bond donors (Lipinski definition) is 0. The second-order valence-corrected chi connectivity index (χ2v) is 7.84. The van der Waals surface area contributed by atoms with Crippen LogP contribution < -0.4 is 0 Å². The lowest BCUT2D eigenvalue weighted by Gasteiger charge is -2.29. The van der Waals surface area contributed by atoms with Crippen molar-refractivity contribution in [1.82, 2.24) is 19.4 Å². The highest BCUT2D eigenvalue weighted by molar-refractivity contribution is 5.84. The maximum Gasteiger partial charge on any atom is 0.242 e. The van der Waals surface area contributed by atoms with Gasteiger partial charge in [0.1, 0.15) is 12.4 Å². The molecule has 4 rings (SSSR count). The summed E-state index contributed by atoms with van der Waals surface area (Å²) in [5.41, 5.74) is 1.88. The number of rotatable bonds is 3. The summed E-state index contributed by atoms with van der Waals surface area (Å²) in [6.45, 7) is 6.21. The van der Waals surface area contributed by atoms with Crippen LogP contribution >= 0.6 is 0 Å². The van der Waals surface area contributed by atoms with E-state index in [1.54, 1.807) is 4.90 Å². The largest absolute Gasteiger partial charge is 0.378 e. The number of fused-ring (bicyclic) bond motifs is 4. The monoisotopic (exact) mass is 370 g/mol. The van der Waals surface area contributed by atoms with Crippen LogP contribution in [0.3, 0.4) is 0 Å². The molecule has 0 radical (unpaired) electrons. The Morgan fingerprint density at radius 2 is 2.04 bits per heavy atom. The van der Waals surface area contributed by atoms with Gasteiger partial charge < -0.3 is 19.1 Å². The minimum Gasteiger partial charge on any atom is -0.378 e. The molecule has 2 aromatic rings. The number of amides is 2. The number of imidazole rings is 1. The van der Waals surface area contributed by atoms with Gasteiger partial charge in [0.15, 0.2) is 0 Å². The first kappa shape index (κ1) is 18.0. The average molecular weight is 370 g/mol. The van der Waals surface area contributed by atoms with Crippen LogP contribution in [0.4, 0.5) is 0 Å². The van der Waals surface area contributed by atoms with Crippen molar-refractivity contribution in [1.29, 1.82) is 0 Å². The van der Waals surface area contributed by atoms with Crippen LogP contribution in [-0.4, -0.2) is 70.6 Å². The van der Waals surface area contributed by atoms with Gasteiger partial charge in [-0.15, -0.1) is 0 Å². The van der Waals surface area contributed by atoms with E-state index in [4.69, 9.17) is 9.72 Å². The molecule has 7 heteroatoms. The predicted octanol–water partition coefficient (Wildman–Crippen LogP) is 1.48. The molecule has 2 fully saturated rings. The molecule has 0 saturated carbocycles. The fourth-order valence-corrected chi connectivity index (χ4v) is 4.04. The maximum atomic E-state index is 13.2. The van der Waals surface area contributed by atoms with Gasteiger partial charge in [-0.25, -0.2) is 4.98 Å². The van der Waals surface area contributed by atoms with Crippen LogP contribution in [0.5, 0.6) is 0 Å². The summed E-state index contributed by atoms with van der Waals surface area (Å²) >= 11 is 0. The summed E-state index contributed by atoms with van der Waals surface area (Å²) in [7, 11) is 1.81. The van der Waals surface area contributed by atoms with E-state index in [1.807, 2.05) is 40.8 Å². The smallest absolute Gasteiger partial charge is 0.242 e. The van der Waals surface area contributed by atoms with Crippen LogP contribution in [-0.2, 0) is 20.9 Å². The zero-order valence-electron chi connectivity index (χ0n) is 16.1. The average Bonchev–Trinajstić information content (AvgIpc) is 2.87. The van der Waals surface area contributed by atoms with E-state index < -0.39 is 0 Å². The summed E-state index contributed by atoms with van der Waals surface area (Å²) in [5, 5.41) is 0. The van der Waals surface area contributed by atoms with Crippen molar-refractivity contribution in [3.63, 3.8) is 0 Å². The number of para-hydroxylation sites is 2. The van der Waals surface area contributed by atoms with Crippen LogP contribution in [0, 0.1) is 5.92 Å². The molecular formula is C20H26N4O3. The quantitative estimate of drug-likeness (QED) is 0.821. The van der Waals surface area contributed by atoms with Gasteiger partial charge >= 0.3 is 0 Å². The van der Waals surface area contributed by atoms with Gasteiger partial charge in [0.05, 0.1) is 36.2 Å². The molecule has 2 atom stereocenters. The Balaban J connectivity index is 1.62. The summed E-state index contributed by atoms with van der Waals surface area (Å²) in [5.74, 6) is 0.949. The second kappa shape index (κ2) is 6.96. The zero-order valence-corrected chi connectivity index (χ0v) is 16.1. The van der Waals surface area contributed by atoms with Crippen molar-refractivity contribution < 1.29 is 14.3 Å². The molecule has 144 valence electrons. The number of carbonyl (C=O) groups excluding carboxylic acids is 2. The number of aromatic nitrogens is 2. The topological polar surface area (TPSA) is 67.7 Å². The molecule has 0 N–H and O–H groups in total. The van der Waals surface area contributed by atoms with Gasteiger partial charge in [-0.3, -0.25) is 9.59 Å². The third-order valence-corrected chi connectivity index (χ3v) is 5.59. The minimum absolute atomic E-state index is 0.0278. The summed E-state index contributed by atoms with van der Waals surface area (Å²) in [6.07, 6.45) is 0. The first-order valence-electron chi connectivity index (χ1n) is 9.53. The third-order valence-electron chi connectivity index (χ3n) is 5.59. The molecule has 2 amide bonds. The van der Waals surface area contributed by atoms with Gasteiger partial charge in [-0.05, 0) is 12.1 Å². The van der Waals surface area contributed by atoms with Crippen molar-refractivity contribution in [2.45, 2.75) is 32.4 Å². The lowest BCUT2D eigenvalue weighted by molar-refractivity contribution is -0.134. The molecule has 27 heavy (non-hydrogen) atoms. The predicted molar refractivity (Wildman–Crippen MR) is 101 cm³/mol. The zero-order chi connectivity index (χ0) is 19.1. The minimum atomic E-state index is -0.282. The number of hydrogen-bond acceptors (Lipinski definition) is 4. The first-order valence-corrected chi connectivity index (χ1v) is 9.53. The molecule has 3 heterocycles. The number of benzene rings is 1. The van der Waals surface area contributed by atoms with Crippen molar-refractivity contribution in [2.24, 2.45) is 5.92 Å². The number of carbonyl (C=O) groups is 2. The van der Waals surface area contributed by atoms with E-state index >= 15 is 0 Å². The SMILES string of the molecule is CC(C)c1nc2ccccc2n1CC(=O)N1C[C@@H]2COC[C@H](C1)N(C)C2=O. The van der Waals surface area contributed by atoms with E-state index in [0.717, 1.165) is 16.9 Å². The Bertz CT molecular complexity index is 875. The lowest BCUT2D eigenvalue weighted by Crippen LogP contribution is -2.46. The fraction of sp³-hybridized carbons (Fsp3) is 0.550. The Labute approximate surface area is 158 Å². The molecule has 1 aromatic heterocycles. The summed E-state index contributed by atoms with van der Waals surface area (Å²) in [6, 6.07) is 7.82. The number of ether oxygens (including phenoxy) is 1.